The molecular weight excluding hydrogens is 175 g/mol. The molecule has 0 nitrogen and oxygen atoms in total. The Morgan fingerprint density at radius 2 is 1.20 bits per heavy atom. The van der Waals surface area contributed by atoms with Crippen molar-refractivity contribution in [1.82, 2.24) is 0 Å². The summed E-state index contributed by atoms with van der Waals surface area (Å²) < 4.78 is 0. The third kappa shape index (κ3) is 2.74. The van der Waals surface area contributed by atoms with Crippen molar-refractivity contribution in [2.24, 2.45) is 0 Å². The van der Waals surface area contributed by atoms with E-state index in [1.807, 2.05) is 25.1 Å². The van der Waals surface area contributed by atoms with Crippen molar-refractivity contribution in [3.8, 4) is 0 Å². The highest BCUT2D eigenvalue weighted by Gasteiger charge is 2.21. The fourth-order valence-corrected chi connectivity index (χ4v) is 1.80. The van der Waals surface area contributed by atoms with Crippen LogP contribution in [0.4, 0.5) is 0 Å². The summed E-state index contributed by atoms with van der Waals surface area (Å²) in [5.41, 5.74) is 2.68. The van der Waals surface area contributed by atoms with E-state index in [9.17, 15) is 0 Å². The zero-order chi connectivity index (χ0) is 11.9. The van der Waals surface area contributed by atoms with Crippen LogP contribution in [-0.4, -0.2) is 31.4 Å². The molecule has 0 saturated carbocycles. The third-order valence-corrected chi connectivity index (χ3v) is 2.49. The summed E-state index contributed by atoms with van der Waals surface area (Å²) in [6.07, 6.45) is 0. The van der Waals surface area contributed by atoms with Gasteiger partial charge in [0.25, 0.3) is 0 Å². The predicted molar refractivity (Wildman–Crippen MR) is 68.9 cm³/mol. The minimum atomic E-state index is -0.870. The molecular formula is C11H12B4. The van der Waals surface area contributed by atoms with Crippen LogP contribution in [0.1, 0.15) is 30.5 Å². The van der Waals surface area contributed by atoms with Gasteiger partial charge < -0.3 is 0 Å². The van der Waals surface area contributed by atoms with Crippen LogP contribution >= 0.6 is 0 Å². The minimum absolute atomic E-state index is 0.863. The SMILES string of the molecule is [B]C([B])(C)c1cccc(C([B])([B])C)c1C. The molecule has 0 aliphatic heterocycles. The van der Waals surface area contributed by atoms with E-state index in [1.54, 1.807) is 13.8 Å². The molecule has 0 heterocycles. The molecule has 0 amide bonds. The molecule has 0 spiro atoms. The second kappa shape index (κ2) is 3.81. The first kappa shape index (κ1) is 12.5. The molecule has 4 heteroatoms. The summed E-state index contributed by atoms with van der Waals surface area (Å²) in [5, 5.41) is -1.74. The van der Waals surface area contributed by atoms with Crippen LogP contribution in [-0.2, 0) is 10.4 Å². The van der Waals surface area contributed by atoms with Gasteiger partial charge in [-0.05, 0) is 12.5 Å². The van der Waals surface area contributed by atoms with Crippen molar-refractivity contribution in [3.05, 3.63) is 34.9 Å². The van der Waals surface area contributed by atoms with E-state index in [0.717, 1.165) is 16.7 Å². The quantitative estimate of drug-likeness (QED) is 0.607. The summed E-state index contributed by atoms with van der Waals surface area (Å²) in [6.45, 7) is 5.44. The number of rotatable bonds is 2. The van der Waals surface area contributed by atoms with E-state index in [4.69, 9.17) is 31.4 Å². The van der Waals surface area contributed by atoms with Crippen molar-refractivity contribution in [3.63, 3.8) is 0 Å². The Balaban J connectivity index is 3.37. The molecule has 0 unspecified atom stereocenters. The molecule has 0 N–H and O–H groups in total. The summed E-state index contributed by atoms with van der Waals surface area (Å²) in [6, 6.07) is 5.66. The number of hydrogen-bond acceptors (Lipinski definition) is 0. The molecule has 15 heavy (non-hydrogen) atoms. The van der Waals surface area contributed by atoms with E-state index < -0.39 is 10.4 Å². The number of benzene rings is 1. The van der Waals surface area contributed by atoms with Gasteiger partial charge in [0.15, 0.2) is 0 Å². The minimum Gasteiger partial charge on any atom is -0.0780 e. The molecule has 0 aliphatic carbocycles. The molecule has 1 aromatic rings. The highest BCUT2D eigenvalue weighted by Crippen LogP contribution is 2.28. The van der Waals surface area contributed by atoms with Gasteiger partial charge in [-0.1, -0.05) is 53.6 Å². The normalized spacial score (nSPS) is 12.7. The Morgan fingerprint density at radius 3 is 1.47 bits per heavy atom. The Morgan fingerprint density at radius 1 is 0.867 bits per heavy atom. The van der Waals surface area contributed by atoms with E-state index in [1.165, 1.54) is 0 Å². The average Bonchev–Trinajstić information content (AvgIpc) is 1.99. The molecule has 68 valence electrons. The van der Waals surface area contributed by atoms with Crippen LogP contribution < -0.4 is 0 Å². The third-order valence-electron chi connectivity index (χ3n) is 2.49. The van der Waals surface area contributed by atoms with Crippen molar-refractivity contribution >= 4 is 31.4 Å². The van der Waals surface area contributed by atoms with Crippen molar-refractivity contribution in [2.75, 3.05) is 0 Å². The lowest BCUT2D eigenvalue weighted by Gasteiger charge is -2.29. The predicted octanol–water partition coefficient (Wildman–Crippen LogP) is 1.01. The van der Waals surface area contributed by atoms with Gasteiger partial charge in [-0.15, -0.1) is 0 Å². The highest BCUT2D eigenvalue weighted by atomic mass is 14.2. The second-order valence-electron chi connectivity index (χ2n) is 4.54. The summed E-state index contributed by atoms with van der Waals surface area (Å²) >= 11 is 0. The van der Waals surface area contributed by atoms with Crippen molar-refractivity contribution in [2.45, 2.75) is 31.2 Å². The van der Waals surface area contributed by atoms with E-state index in [0.29, 0.717) is 0 Å². The van der Waals surface area contributed by atoms with Gasteiger partial charge in [0.1, 0.15) is 0 Å². The molecule has 0 bridgehead atoms. The lowest BCUT2D eigenvalue weighted by atomic mass is 9.48. The molecule has 0 saturated heterocycles. The molecule has 1 aromatic carbocycles. The molecule has 0 atom stereocenters. The lowest BCUT2D eigenvalue weighted by Crippen LogP contribution is -2.28. The smallest absolute Gasteiger partial charge is 0.0679 e. The largest absolute Gasteiger partial charge is 0.0780 e. The van der Waals surface area contributed by atoms with E-state index >= 15 is 0 Å². The van der Waals surface area contributed by atoms with Crippen LogP contribution in [0, 0.1) is 6.92 Å². The summed E-state index contributed by atoms with van der Waals surface area (Å²) in [7, 11) is 23.5. The van der Waals surface area contributed by atoms with Gasteiger partial charge in [0.2, 0.25) is 0 Å². The summed E-state index contributed by atoms with van der Waals surface area (Å²) in [4.78, 5) is 0. The first-order chi connectivity index (χ1) is 6.64. The molecule has 0 aromatic heterocycles. The van der Waals surface area contributed by atoms with Crippen molar-refractivity contribution in [1.29, 1.82) is 0 Å². The maximum Gasteiger partial charge on any atom is 0.0679 e. The van der Waals surface area contributed by atoms with Crippen LogP contribution in [0.5, 0.6) is 0 Å². The Bertz CT molecular complexity index is 326. The van der Waals surface area contributed by atoms with Gasteiger partial charge in [-0.2, -0.15) is 0 Å². The molecule has 8 radical (unpaired) electrons. The van der Waals surface area contributed by atoms with Crippen LogP contribution in [0.3, 0.4) is 0 Å². The zero-order valence-corrected chi connectivity index (χ0v) is 9.54. The van der Waals surface area contributed by atoms with Gasteiger partial charge in [0, 0.05) is 0 Å². The van der Waals surface area contributed by atoms with Gasteiger partial charge in [0.05, 0.1) is 31.4 Å². The Hall–Kier alpha value is -0.520. The standard InChI is InChI=1S/C11H12B4/c1-7-8(10(2,12)13)5-4-6-9(7)11(3,14)15/h4-6H,1-3H3. The maximum atomic E-state index is 5.87. The number of hydrogen-bond donors (Lipinski definition) is 0. The topological polar surface area (TPSA) is 0 Å². The first-order valence-corrected chi connectivity index (χ1v) is 4.90. The second-order valence-corrected chi connectivity index (χ2v) is 4.54. The lowest BCUT2D eigenvalue weighted by molar-refractivity contribution is 0.905. The first-order valence-electron chi connectivity index (χ1n) is 4.90. The van der Waals surface area contributed by atoms with E-state index in [-0.39, 0.29) is 0 Å². The van der Waals surface area contributed by atoms with Gasteiger partial charge >= 0.3 is 0 Å². The zero-order valence-electron chi connectivity index (χ0n) is 9.54. The molecule has 0 fully saturated rings. The average molecular weight is 187 g/mol. The van der Waals surface area contributed by atoms with Gasteiger partial charge in [-0.25, -0.2) is 0 Å². The Labute approximate surface area is 97.9 Å². The highest BCUT2D eigenvalue weighted by molar-refractivity contribution is 6.41. The van der Waals surface area contributed by atoms with Gasteiger partial charge in [-0.3, -0.25) is 0 Å². The summed E-state index contributed by atoms with van der Waals surface area (Å²) in [5.74, 6) is 0. The van der Waals surface area contributed by atoms with Crippen LogP contribution in [0.15, 0.2) is 18.2 Å². The molecule has 0 aliphatic rings. The molecule has 1 rings (SSSR count). The fraction of sp³-hybridized carbons (Fsp3) is 0.455. The Kier molecular flexibility index (Phi) is 3.19. The fourth-order valence-electron chi connectivity index (χ4n) is 1.80. The van der Waals surface area contributed by atoms with Crippen LogP contribution in [0.25, 0.3) is 0 Å². The van der Waals surface area contributed by atoms with E-state index in [2.05, 4.69) is 0 Å². The monoisotopic (exact) mass is 188 g/mol. The van der Waals surface area contributed by atoms with Crippen molar-refractivity contribution < 1.29 is 0 Å². The maximum absolute atomic E-state index is 5.87. The van der Waals surface area contributed by atoms with Crippen LogP contribution in [0.2, 0.25) is 0 Å².